The van der Waals surface area contributed by atoms with Gasteiger partial charge in [0.1, 0.15) is 0 Å². The van der Waals surface area contributed by atoms with Crippen LogP contribution in [0.4, 0.5) is 0 Å². The summed E-state index contributed by atoms with van der Waals surface area (Å²) in [5.74, 6) is 0.297. The van der Waals surface area contributed by atoms with Crippen molar-refractivity contribution in [2.45, 2.75) is 69.7 Å². The largest absolute Gasteiger partial charge is 0.342 e. The molecule has 0 aromatic heterocycles. The Bertz CT molecular complexity index is 851. The molecular weight excluding hydrogens is 414 g/mol. The summed E-state index contributed by atoms with van der Waals surface area (Å²) in [4.78, 5) is 28.9. The molecule has 1 aliphatic heterocycles. The predicted molar refractivity (Wildman–Crippen MR) is 120 cm³/mol. The lowest BCUT2D eigenvalue weighted by molar-refractivity contribution is -0.137. The van der Waals surface area contributed by atoms with Crippen LogP contribution in [0.1, 0.15) is 69.2 Å². The third-order valence-corrected chi connectivity index (χ3v) is 8.08. The van der Waals surface area contributed by atoms with Crippen molar-refractivity contribution in [1.29, 1.82) is 0 Å². The number of likely N-dealkylation sites (tertiary alicyclic amines) is 1. The molecule has 0 unspecified atom stereocenters. The molecule has 8 heteroatoms. The summed E-state index contributed by atoms with van der Waals surface area (Å²) in [5, 5.41) is 0. The van der Waals surface area contributed by atoms with Crippen LogP contribution in [0.2, 0.25) is 0 Å². The molecule has 2 aliphatic rings. The van der Waals surface area contributed by atoms with Gasteiger partial charge in [-0.15, -0.1) is 0 Å². The predicted octanol–water partition coefficient (Wildman–Crippen LogP) is 3.02. The third kappa shape index (κ3) is 5.86. The number of hydrogen-bond donors (Lipinski definition) is 1. The van der Waals surface area contributed by atoms with Crippen molar-refractivity contribution in [3.63, 3.8) is 0 Å². The summed E-state index contributed by atoms with van der Waals surface area (Å²) in [7, 11) is -3.67. The molecule has 1 saturated carbocycles. The molecule has 1 heterocycles. The molecule has 7 nitrogen and oxygen atoms in total. The summed E-state index contributed by atoms with van der Waals surface area (Å²) in [6, 6.07) is 5.93. The highest BCUT2D eigenvalue weighted by Crippen LogP contribution is 2.27. The van der Waals surface area contributed by atoms with Gasteiger partial charge in [-0.3, -0.25) is 9.59 Å². The Balaban J connectivity index is 1.55. The van der Waals surface area contributed by atoms with E-state index >= 15 is 0 Å². The topological polar surface area (TPSA) is 86.8 Å². The van der Waals surface area contributed by atoms with Crippen molar-refractivity contribution in [1.82, 2.24) is 14.5 Å². The Morgan fingerprint density at radius 2 is 1.55 bits per heavy atom. The first-order chi connectivity index (χ1) is 14.9. The molecule has 1 aromatic carbocycles. The second kappa shape index (κ2) is 10.6. The van der Waals surface area contributed by atoms with Crippen LogP contribution in [-0.2, 0) is 14.8 Å². The summed E-state index contributed by atoms with van der Waals surface area (Å²) in [5.41, 5.74) is 0.484. The zero-order valence-corrected chi connectivity index (χ0v) is 19.5. The molecule has 1 aliphatic carbocycles. The molecule has 3 rings (SSSR count). The van der Waals surface area contributed by atoms with Crippen LogP contribution in [0.25, 0.3) is 0 Å². The maximum atomic E-state index is 12.8. The Kier molecular flexibility index (Phi) is 8.11. The van der Waals surface area contributed by atoms with Gasteiger partial charge in [-0.05, 0) is 63.8 Å². The first-order valence-electron chi connectivity index (χ1n) is 11.6. The molecule has 2 fully saturated rings. The van der Waals surface area contributed by atoms with Crippen molar-refractivity contribution < 1.29 is 18.0 Å². The number of rotatable bonds is 7. The molecule has 0 bridgehead atoms. The maximum absolute atomic E-state index is 12.8. The lowest BCUT2D eigenvalue weighted by Gasteiger charge is -2.35. The molecule has 1 N–H and O–H groups in total. The van der Waals surface area contributed by atoms with E-state index in [0.29, 0.717) is 44.6 Å². The SMILES string of the molecule is CCN(CC)C(=O)c1ccc(S(=O)(=O)NC2CCN(C(=O)C3CCCCC3)CC2)cc1. The highest BCUT2D eigenvalue weighted by atomic mass is 32.2. The van der Waals surface area contributed by atoms with Gasteiger partial charge in [-0.2, -0.15) is 0 Å². The number of nitrogens with zero attached hydrogens (tertiary/aromatic N) is 2. The Labute approximate surface area is 186 Å². The van der Waals surface area contributed by atoms with Gasteiger partial charge in [-0.25, -0.2) is 13.1 Å². The van der Waals surface area contributed by atoms with Gasteiger partial charge in [0.05, 0.1) is 4.90 Å². The van der Waals surface area contributed by atoms with Crippen molar-refractivity contribution in [2.75, 3.05) is 26.2 Å². The van der Waals surface area contributed by atoms with Crippen molar-refractivity contribution >= 4 is 21.8 Å². The number of carbonyl (C=O) groups excluding carboxylic acids is 2. The van der Waals surface area contributed by atoms with Crippen LogP contribution >= 0.6 is 0 Å². The molecule has 1 saturated heterocycles. The lowest BCUT2D eigenvalue weighted by atomic mass is 9.87. The lowest BCUT2D eigenvalue weighted by Crippen LogP contribution is -2.48. The smallest absolute Gasteiger partial charge is 0.253 e. The van der Waals surface area contributed by atoms with E-state index in [1.54, 1.807) is 17.0 Å². The third-order valence-electron chi connectivity index (χ3n) is 6.55. The van der Waals surface area contributed by atoms with Crippen LogP contribution < -0.4 is 4.72 Å². The standard InChI is InChI=1S/C23H35N3O4S/c1-3-25(4-2)22(27)19-10-12-21(13-11-19)31(29,30)24-20-14-16-26(17-15-20)23(28)18-8-6-5-7-9-18/h10-13,18,20,24H,3-9,14-17H2,1-2H3. The number of carbonyl (C=O) groups is 2. The second-order valence-electron chi connectivity index (χ2n) is 8.56. The molecule has 31 heavy (non-hydrogen) atoms. The van der Waals surface area contributed by atoms with E-state index in [1.807, 2.05) is 18.7 Å². The van der Waals surface area contributed by atoms with Crippen molar-refractivity contribution in [3.05, 3.63) is 29.8 Å². The molecule has 172 valence electrons. The normalized spacial score (nSPS) is 18.7. The number of sulfonamides is 1. The molecule has 0 spiro atoms. The van der Waals surface area contributed by atoms with Crippen molar-refractivity contribution in [3.8, 4) is 0 Å². The van der Waals surface area contributed by atoms with E-state index in [1.165, 1.54) is 18.6 Å². The average Bonchev–Trinajstić information content (AvgIpc) is 2.80. The zero-order chi connectivity index (χ0) is 22.4. The van der Waals surface area contributed by atoms with E-state index in [0.717, 1.165) is 25.7 Å². The summed E-state index contributed by atoms with van der Waals surface area (Å²) < 4.78 is 28.4. The quantitative estimate of drug-likeness (QED) is 0.693. The van der Waals surface area contributed by atoms with Gasteiger partial charge < -0.3 is 9.80 Å². The highest BCUT2D eigenvalue weighted by Gasteiger charge is 2.30. The van der Waals surface area contributed by atoms with Crippen LogP contribution in [0, 0.1) is 5.92 Å². The van der Waals surface area contributed by atoms with Gasteiger partial charge in [0.25, 0.3) is 5.91 Å². The zero-order valence-electron chi connectivity index (χ0n) is 18.7. The molecule has 0 radical (unpaired) electrons. The van der Waals surface area contributed by atoms with Gasteiger partial charge in [0.2, 0.25) is 15.9 Å². The molecule has 1 aromatic rings. The minimum atomic E-state index is -3.67. The Hall–Kier alpha value is -1.93. The molecule has 0 atom stereocenters. The van der Waals surface area contributed by atoms with Crippen LogP contribution in [0.5, 0.6) is 0 Å². The Morgan fingerprint density at radius 1 is 0.968 bits per heavy atom. The van der Waals surface area contributed by atoms with Gasteiger partial charge >= 0.3 is 0 Å². The minimum absolute atomic E-state index is 0.100. The number of nitrogens with one attached hydrogen (secondary N) is 1. The van der Waals surface area contributed by atoms with E-state index in [9.17, 15) is 18.0 Å². The summed E-state index contributed by atoms with van der Waals surface area (Å²) in [6.45, 7) is 6.24. The van der Waals surface area contributed by atoms with E-state index in [4.69, 9.17) is 0 Å². The first-order valence-corrected chi connectivity index (χ1v) is 13.0. The number of hydrogen-bond acceptors (Lipinski definition) is 4. The number of benzene rings is 1. The molecular formula is C23H35N3O4S. The van der Waals surface area contributed by atoms with E-state index < -0.39 is 10.0 Å². The highest BCUT2D eigenvalue weighted by molar-refractivity contribution is 7.89. The van der Waals surface area contributed by atoms with Gasteiger partial charge in [0, 0.05) is 43.7 Å². The summed E-state index contributed by atoms with van der Waals surface area (Å²) >= 11 is 0. The number of amides is 2. The fourth-order valence-electron chi connectivity index (χ4n) is 4.58. The average molecular weight is 450 g/mol. The number of piperidine rings is 1. The van der Waals surface area contributed by atoms with E-state index in [-0.39, 0.29) is 28.7 Å². The maximum Gasteiger partial charge on any atom is 0.253 e. The van der Waals surface area contributed by atoms with E-state index in [2.05, 4.69) is 4.72 Å². The Morgan fingerprint density at radius 3 is 2.10 bits per heavy atom. The van der Waals surface area contributed by atoms with Crippen molar-refractivity contribution in [2.24, 2.45) is 5.92 Å². The fraction of sp³-hybridized carbons (Fsp3) is 0.652. The monoisotopic (exact) mass is 449 g/mol. The fourth-order valence-corrected chi connectivity index (χ4v) is 5.89. The van der Waals surface area contributed by atoms with Crippen LogP contribution in [0.15, 0.2) is 29.2 Å². The summed E-state index contributed by atoms with van der Waals surface area (Å²) in [6.07, 6.45) is 6.69. The van der Waals surface area contributed by atoms with Gasteiger partial charge in [0.15, 0.2) is 0 Å². The first kappa shape index (κ1) is 23.7. The van der Waals surface area contributed by atoms with Crippen LogP contribution in [-0.4, -0.2) is 62.3 Å². The molecule has 2 amide bonds. The van der Waals surface area contributed by atoms with Crippen LogP contribution in [0.3, 0.4) is 0 Å². The minimum Gasteiger partial charge on any atom is -0.342 e. The second-order valence-corrected chi connectivity index (χ2v) is 10.3. The van der Waals surface area contributed by atoms with Gasteiger partial charge in [-0.1, -0.05) is 19.3 Å².